The zero-order chi connectivity index (χ0) is 25.0. The summed E-state index contributed by atoms with van der Waals surface area (Å²) in [6.45, 7) is 3.92. The minimum atomic E-state index is -1.01. The van der Waals surface area contributed by atoms with Crippen molar-refractivity contribution in [2.45, 2.75) is 83.7 Å². The molecule has 2 amide bonds. The number of hydrogen-bond acceptors (Lipinski definition) is 7. The molecule has 10 nitrogen and oxygen atoms in total. The monoisotopic (exact) mass is 470 g/mol. The fourth-order valence-corrected chi connectivity index (χ4v) is 4.29. The van der Waals surface area contributed by atoms with Crippen LogP contribution in [0, 0.1) is 17.8 Å². The van der Waals surface area contributed by atoms with Gasteiger partial charge in [-0.1, -0.05) is 39.5 Å². The van der Waals surface area contributed by atoms with Crippen LogP contribution in [0.25, 0.3) is 0 Å². The van der Waals surface area contributed by atoms with Crippen molar-refractivity contribution >= 4 is 29.7 Å². The topological polar surface area (TPSA) is 148 Å². The summed E-state index contributed by atoms with van der Waals surface area (Å²) in [6.07, 6.45) is 4.10. The van der Waals surface area contributed by atoms with Crippen molar-refractivity contribution in [2.75, 3.05) is 14.2 Å². The van der Waals surface area contributed by atoms with E-state index in [2.05, 4.69) is 10.6 Å². The summed E-state index contributed by atoms with van der Waals surface area (Å²) in [6, 6.07) is -1.67. The number of carbonyl (C=O) groups is 5. The predicted octanol–water partition coefficient (Wildman–Crippen LogP) is 1.80. The largest absolute Gasteiger partial charge is 0.481 e. The van der Waals surface area contributed by atoms with Crippen LogP contribution in [0.15, 0.2) is 0 Å². The first-order chi connectivity index (χ1) is 15.7. The molecule has 1 fully saturated rings. The van der Waals surface area contributed by atoms with Gasteiger partial charge in [-0.05, 0) is 31.6 Å². The Morgan fingerprint density at radius 1 is 0.818 bits per heavy atom. The highest BCUT2D eigenvalue weighted by Gasteiger charge is 2.44. The quantitative estimate of drug-likeness (QED) is 0.326. The van der Waals surface area contributed by atoms with Crippen LogP contribution in [0.5, 0.6) is 0 Å². The van der Waals surface area contributed by atoms with Gasteiger partial charge in [0.2, 0.25) is 11.8 Å². The molecule has 3 N–H and O–H groups in total. The molecule has 0 aromatic rings. The Bertz CT molecular complexity index is 646. The Morgan fingerprint density at radius 3 is 1.52 bits per heavy atom. The minimum absolute atomic E-state index is 0.167. The van der Waals surface area contributed by atoms with Crippen molar-refractivity contribution < 1.29 is 38.6 Å². The van der Waals surface area contributed by atoms with Gasteiger partial charge in [-0.3, -0.25) is 14.4 Å². The van der Waals surface area contributed by atoms with Crippen LogP contribution in [0.3, 0.4) is 0 Å². The molecule has 10 heteroatoms. The summed E-state index contributed by atoms with van der Waals surface area (Å²) < 4.78 is 9.58. The van der Waals surface area contributed by atoms with E-state index in [4.69, 9.17) is 9.47 Å². The standard InChI is InChI=1S/C23H38N2O8/c1-5-7-9-17(22(30)32-3)24-20(28)15-11-14(13-19(26)27)12-16(15)21(29)25-18(10-8-6-2)23(31)33-4/h14-18H,5-13H2,1-4H3,(H,24,28)(H,25,29)(H,26,27)/t15-,16-,17+,18+/m1/s1. The SMILES string of the molecule is CCCC[C@H](NC(=O)[C@@H]1CC(CC(=O)O)C[C@H]1C(=O)N[C@@H](CCCC)C(=O)OC)C(=O)OC. The maximum absolute atomic E-state index is 13.1. The highest BCUT2D eigenvalue weighted by Crippen LogP contribution is 2.39. The molecule has 0 aliphatic heterocycles. The van der Waals surface area contributed by atoms with E-state index in [0.717, 1.165) is 12.8 Å². The summed E-state index contributed by atoms with van der Waals surface area (Å²) in [4.78, 5) is 61.6. The summed E-state index contributed by atoms with van der Waals surface area (Å²) >= 11 is 0. The van der Waals surface area contributed by atoms with Gasteiger partial charge in [-0.25, -0.2) is 9.59 Å². The number of hydrogen-bond donors (Lipinski definition) is 3. The first kappa shape index (κ1) is 28.4. The van der Waals surface area contributed by atoms with Crippen LogP contribution >= 0.6 is 0 Å². The molecule has 0 bridgehead atoms. The molecular weight excluding hydrogens is 432 g/mol. The van der Waals surface area contributed by atoms with Crippen molar-refractivity contribution in [3.8, 4) is 0 Å². The Hall–Kier alpha value is -2.65. The van der Waals surface area contributed by atoms with Gasteiger partial charge < -0.3 is 25.2 Å². The Labute approximate surface area is 195 Å². The van der Waals surface area contributed by atoms with E-state index >= 15 is 0 Å². The molecule has 0 spiro atoms. The number of methoxy groups -OCH3 is 2. The number of ether oxygens (including phenoxy) is 2. The number of esters is 2. The van der Waals surface area contributed by atoms with Crippen LogP contribution in [-0.4, -0.2) is 61.1 Å². The lowest BCUT2D eigenvalue weighted by atomic mass is 9.93. The number of amides is 2. The van der Waals surface area contributed by atoms with E-state index in [1.54, 1.807) is 0 Å². The van der Waals surface area contributed by atoms with Gasteiger partial charge in [0.05, 0.1) is 14.2 Å². The Morgan fingerprint density at radius 2 is 1.21 bits per heavy atom. The highest BCUT2D eigenvalue weighted by molar-refractivity contribution is 5.92. The molecule has 1 aliphatic rings. The third-order valence-corrected chi connectivity index (χ3v) is 6.09. The molecule has 4 atom stereocenters. The third-order valence-electron chi connectivity index (χ3n) is 6.09. The molecule has 0 aromatic carbocycles. The normalized spacial score (nSPS) is 19.9. The third kappa shape index (κ3) is 9.01. The maximum atomic E-state index is 13.1. The van der Waals surface area contributed by atoms with E-state index in [1.165, 1.54) is 14.2 Å². The number of rotatable bonds is 14. The second kappa shape index (κ2) is 14.5. The van der Waals surface area contributed by atoms with E-state index in [9.17, 15) is 29.1 Å². The molecule has 0 saturated heterocycles. The van der Waals surface area contributed by atoms with Gasteiger partial charge in [0.15, 0.2) is 0 Å². The van der Waals surface area contributed by atoms with Crippen molar-refractivity contribution in [1.82, 2.24) is 10.6 Å². The van der Waals surface area contributed by atoms with E-state index in [1.807, 2.05) is 13.8 Å². The van der Waals surface area contributed by atoms with Gasteiger partial charge in [0, 0.05) is 18.3 Å². The molecule has 0 unspecified atom stereocenters. The second-order valence-corrected chi connectivity index (χ2v) is 8.60. The molecule has 33 heavy (non-hydrogen) atoms. The number of aliphatic carboxylic acids is 1. The van der Waals surface area contributed by atoms with Crippen LogP contribution in [-0.2, 0) is 33.4 Å². The van der Waals surface area contributed by atoms with E-state index in [-0.39, 0.29) is 25.2 Å². The molecular formula is C23H38N2O8. The molecule has 1 saturated carbocycles. The lowest BCUT2D eigenvalue weighted by molar-refractivity contribution is -0.147. The second-order valence-electron chi connectivity index (χ2n) is 8.60. The molecule has 0 heterocycles. The number of unbranched alkanes of at least 4 members (excludes halogenated alkanes) is 2. The Kier molecular flexibility index (Phi) is 12.5. The van der Waals surface area contributed by atoms with Crippen LogP contribution < -0.4 is 10.6 Å². The van der Waals surface area contributed by atoms with Gasteiger partial charge >= 0.3 is 17.9 Å². The van der Waals surface area contributed by atoms with Crippen LogP contribution in [0.2, 0.25) is 0 Å². The first-order valence-electron chi connectivity index (χ1n) is 11.7. The van der Waals surface area contributed by atoms with Crippen molar-refractivity contribution in [1.29, 1.82) is 0 Å². The zero-order valence-electron chi connectivity index (χ0n) is 20.1. The van der Waals surface area contributed by atoms with Crippen molar-refractivity contribution in [3.63, 3.8) is 0 Å². The van der Waals surface area contributed by atoms with E-state index in [0.29, 0.717) is 25.7 Å². The number of carboxylic acids is 1. The lowest BCUT2D eigenvalue weighted by Crippen LogP contribution is -2.49. The smallest absolute Gasteiger partial charge is 0.328 e. The Balaban J connectivity index is 3.03. The van der Waals surface area contributed by atoms with Crippen LogP contribution in [0.4, 0.5) is 0 Å². The van der Waals surface area contributed by atoms with E-state index < -0.39 is 53.6 Å². The van der Waals surface area contributed by atoms with Crippen molar-refractivity contribution in [2.24, 2.45) is 17.8 Å². The van der Waals surface area contributed by atoms with Gasteiger partial charge in [0.25, 0.3) is 0 Å². The minimum Gasteiger partial charge on any atom is -0.481 e. The van der Waals surface area contributed by atoms with Gasteiger partial charge in [-0.2, -0.15) is 0 Å². The summed E-state index contributed by atoms with van der Waals surface area (Å²) in [5.41, 5.74) is 0. The highest BCUT2D eigenvalue weighted by atomic mass is 16.5. The first-order valence-corrected chi connectivity index (χ1v) is 11.7. The fourth-order valence-electron chi connectivity index (χ4n) is 4.29. The molecule has 188 valence electrons. The summed E-state index contributed by atoms with van der Waals surface area (Å²) in [7, 11) is 2.48. The average Bonchev–Trinajstić information content (AvgIpc) is 3.21. The van der Waals surface area contributed by atoms with Gasteiger partial charge in [0.1, 0.15) is 12.1 Å². The lowest BCUT2D eigenvalue weighted by Gasteiger charge is -2.24. The molecule has 0 radical (unpaired) electrons. The fraction of sp³-hybridized carbons (Fsp3) is 0.783. The molecule has 0 aromatic heterocycles. The summed E-state index contributed by atoms with van der Waals surface area (Å²) in [5, 5.41) is 14.6. The number of carbonyl (C=O) groups excluding carboxylic acids is 4. The number of nitrogens with one attached hydrogen (secondary N) is 2. The average molecular weight is 471 g/mol. The van der Waals surface area contributed by atoms with Crippen molar-refractivity contribution in [3.05, 3.63) is 0 Å². The van der Waals surface area contributed by atoms with Crippen LogP contribution in [0.1, 0.15) is 71.6 Å². The number of carboxylic acid groups (broad SMARTS) is 1. The summed E-state index contributed by atoms with van der Waals surface area (Å²) in [5.74, 6) is -5.11. The van der Waals surface area contributed by atoms with Gasteiger partial charge in [-0.15, -0.1) is 0 Å². The molecule has 1 rings (SSSR count). The predicted molar refractivity (Wildman–Crippen MR) is 119 cm³/mol. The zero-order valence-corrected chi connectivity index (χ0v) is 20.1. The maximum Gasteiger partial charge on any atom is 0.328 e. The molecule has 1 aliphatic carbocycles.